The fourth-order valence-corrected chi connectivity index (χ4v) is 2.00. The van der Waals surface area contributed by atoms with Crippen molar-refractivity contribution in [3.63, 3.8) is 0 Å². The van der Waals surface area contributed by atoms with Crippen molar-refractivity contribution in [2.24, 2.45) is 4.99 Å². The summed E-state index contributed by atoms with van der Waals surface area (Å²) in [5, 5.41) is 2.60. The lowest BCUT2D eigenvalue weighted by Crippen LogP contribution is -2.38. The number of carbonyl (C=O) groups is 1. The van der Waals surface area contributed by atoms with Crippen LogP contribution >= 0.6 is 0 Å². The molecule has 2 aromatic rings. The van der Waals surface area contributed by atoms with E-state index in [1.54, 1.807) is 36.7 Å². The zero-order valence-electron chi connectivity index (χ0n) is 9.45. The second kappa shape index (κ2) is 4.03. The van der Waals surface area contributed by atoms with Gasteiger partial charge in [-0.05, 0) is 24.3 Å². The molecule has 1 aliphatic rings. The molecule has 1 aliphatic heterocycles. The average Bonchev–Trinajstić information content (AvgIpc) is 2.84. The third-order valence-electron chi connectivity index (χ3n) is 2.85. The van der Waals surface area contributed by atoms with Crippen LogP contribution in [0.1, 0.15) is 11.4 Å². The molecule has 0 fully saturated rings. The van der Waals surface area contributed by atoms with Crippen molar-refractivity contribution in [2.45, 2.75) is 5.54 Å². The predicted octanol–water partition coefficient (Wildman–Crippen LogP) is 0.878. The highest BCUT2D eigenvalue weighted by atomic mass is 16.2. The van der Waals surface area contributed by atoms with E-state index in [1.807, 2.05) is 12.1 Å². The van der Waals surface area contributed by atoms with E-state index in [1.165, 1.54) is 6.34 Å². The number of aliphatic imine (C=N–C) groups is 1. The Kier molecular flexibility index (Phi) is 2.37. The van der Waals surface area contributed by atoms with Crippen LogP contribution in [0.3, 0.4) is 0 Å². The van der Waals surface area contributed by atoms with Crippen LogP contribution in [0.25, 0.3) is 0 Å². The van der Waals surface area contributed by atoms with E-state index in [9.17, 15) is 4.79 Å². The number of aromatic nitrogens is 2. The molecule has 2 aromatic heterocycles. The third kappa shape index (κ3) is 1.41. The van der Waals surface area contributed by atoms with Crippen LogP contribution in [0.2, 0.25) is 0 Å². The summed E-state index contributed by atoms with van der Waals surface area (Å²) in [6.07, 6.45) is 4.67. The first kappa shape index (κ1) is 10.6. The van der Waals surface area contributed by atoms with Gasteiger partial charge in [0.1, 0.15) is 0 Å². The van der Waals surface area contributed by atoms with E-state index in [-0.39, 0.29) is 5.91 Å². The molecule has 1 amide bonds. The Balaban J connectivity index is 2.24. The first-order valence-corrected chi connectivity index (χ1v) is 5.52. The van der Waals surface area contributed by atoms with Crippen molar-refractivity contribution in [1.29, 1.82) is 0 Å². The summed E-state index contributed by atoms with van der Waals surface area (Å²) in [5.74, 6) is -0.236. The Labute approximate surface area is 104 Å². The van der Waals surface area contributed by atoms with Crippen molar-refractivity contribution in [3.8, 4) is 0 Å². The molecule has 0 bridgehead atoms. The molecule has 88 valence electrons. The van der Waals surface area contributed by atoms with E-state index < -0.39 is 5.54 Å². The smallest absolute Gasteiger partial charge is 0.265 e. The van der Waals surface area contributed by atoms with Crippen molar-refractivity contribution in [3.05, 3.63) is 60.2 Å². The highest BCUT2D eigenvalue weighted by Crippen LogP contribution is 2.33. The van der Waals surface area contributed by atoms with Crippen LogP contribution in [-0.2, 0) is 10.3 Å². The lowest BCUT2D eigenvalue weighted by atomic mass is 9.90. The van der Waals surface area contributed by atoms with Gasteiger partial charge in [0.25, 0.3) is 5.91 Å². The third-order valence-corrected chi connectivity index (χ3v) is 2.85. The summed E-state index contributed by atoms with van der Waals surface area (Å²) in [6.45, 7) is 0. The maximum absolute atomic E-state index is 12.2. The summed E-state index contributed by atoms with van der Waals surface area (Å²) < 4.78 is 0. The van der Waals surface area contributed by atoms with Crippen molar-refractivity contribution in [1.82, 2.24) is 15.3 Å². The predicted molar refractivity (Wildman–Crippen MR) is 65.9 cm³/mol. The minimum Gasteiger partial charge on any atom is -0.314 e. The van der Waals surface area contributed by atoms with Crippen LogP contribution in [0.15, 0.2) is 53.8 Å². The number of hydrogen-bond donors (Lipinski definition) is 1. The van der Waals surface area contributed by atoms with Gasteiger partial charge in [0.15, 0.2) is 0 Å². The van der Waals surface area contributed by atoms with E-state index in [4.69, 9.17) is 0 Å². The maximum atomic E-state index is 12.2. The topological polar surface area (TPSA) is 67.2 Å². The molecule has 0 spiro atoms. The largest absolute Gasteiger partial charge is 0.314 e. The first-order chi connectivity index (χ1) is 8.84. The van der Waals surface area contributed by atoms with Crippen molar-refractivity contribution >= 4 is 12.2 Å². The fraction of sp³-hybridized carbons (Fsp3) is 0.0769. The number of amides is 1. The van der Waals surface area contributed by atoms with Gasteiger partial charge >= 0.3 is 0 Å². The van der Waals surface area contributed by atoms with Gasteiger partial charge in [0, 0.05) is 12.4 Å². The van der Waals surface area contributed by atoms with Gasteiger partial charge in [-0.25, -0.2) is 4.99 Å². The highest BCUT2D eigenvalue weighted by Gasteiger charge is 2.46. The summed E-state index contributed by atoms with van der Waals surface area (Å²) >= 11 is 0. The Morgan fingerprint density at radius 2 is 1.56 bits per heavy atom. The molecule has 0 atom stereocenters. The molecular formula is C13H10N4O. The molecule has 5 nitrogen and oxygen atoms in total. The van der Waals surface area contributed by atoms with Crippen LogP contribution in [0, 0.1) is 0 Å². The molecule has 5 heteroatoms. The zero-order chi connectivity index (χ0) is 12.4. The summed E-state index contributed by atoms with van der Waals surface area (Å²) in [4.78, 5) is 24.9. The monoisotopic (exact) mass is 238 g/mol. The quantitative estimate of drug-likeness (QED) is 0.844. The number of pyridine rings is 2. The maximum Gasteiger partial charge on any atom is 0.265 e. The van der Waals surface area contributed by atoms with Crippen LogP contribution in [0.5, 0.6) is 0 Å². The highest BCUT2D eigenvalue weighted by molar-refractivity contribution is 6.02. The lowest BCUT2D eigenvalue weighted by Gasteiger charge is -2.22. The van der Waals surface area contributed by atoms with E-state index >= 15 is 0 Å². The molecule has 0 aliphatic carbocycles. The number of nitrogens with one attached hydrogen (secondary N) is 1. The summed E-state index contributed by atoms with van der Waals surface area (Å²) in [7, 11) is 0. The minimum absolute atomic E-state index is 0.236. The fourth-order valence-electron chi connectivity index (χ4n) is 2.00. The Bertz CT molecular complexity index is 555. The standard InChI is InChI=1S/C13H10N4O/c18-12-13(17-9-16-12,10-5-1-3-7-14-10)11-6-2-4-8-15-11/h1-9H,(H,16,17,18). The first-order valence-electron chi connectivity index (χ1n) is 5.52. The van der Waals surface area contributed by atoms with Crippen LogP contribution in [-0.4, -0.2) is 22.2 Å². The van der Waals surface area contributed by atoms with Gasteiger partial charge in [-0.2, -0.15) is 0 Å². The van der Waals surface area contributed by atoms with Gasteiger partial charge in [-0.15, -0.1) is 0 Å². The summed E-state index contributed by atoms with van der Waals surface area (Å²) in [6, 6.07) is 10.8. The molecule has 0 radical (unpaired) electrons. The molecule has 3 rings (SSSR count). The molecule has 18 heavy (non-hydrogen) atoms. The van der Waals surface area contributed by atoms with Gasteiger partial charge in [-0.1, -0.05) is 12.1 Å². The molecule has 0 unspecified atom stereocenters. The number of nitrogens with zero attached hydrogens (tertiary/aromatic N) is 3. The van der Waals surface area contributed by atoms with Crippen molar-refractivity contribution in [2.75, 3.05) is 0 Å². The van der Waals surface area contributed by atoms with Gasteiger partial charge in [0.2, 0.25) is 5.54 Å². The molecule has 3 heterocycles. The SMILES string of the molecule is O=C1NC=NC1(c1ccccn1)c1ccccn1. The molecule has 0 saturated carbocycles. The molecular weight excluding hydrogens is 228 g/mol. The van der Waals surface area contributed by atoms with Crippen LogP contribution in [0.4, 0.5) is 0 Å². The van der Waals surface area contributed by atoms with Gasteiger partial charge in [0.05, 0.1) is 17.7 Å². The average molecular weight is 238 g/mol. The number of rotatable bonds is 2. The van der Waals surface area contributed by atoms with Gasteiger partial charge in [-0.3, -0.25) is 14.8 Å². The lowest BCUT2D eigenvalue weighted by molar-refractivity contribution is -0.122. The van der Waals surface area contributed by atoms with Gasteiger partial charge < -0.3 is 5.32 Å². The normalized spacial score (nSPS) is 16.6. The van der Waals surface area contributed by atoms with Crippen LogP contribution < -0.4 is 5.32 Å². The second-order valence-corrected chi connectivity index (χ2v) is 3.87. The summed E-state index contributed by atoms with van der Waals surface area (Å²) in [5.41, 5.74) is -0.0346. The Morgan fingerprint density at radius 3 is 1.94 bits per heavy atom. The zero-order valence-corrected chi connectivity index (χ0v) is 9.45. The molecule has 1 N–H and O–H groups in total. The van der Waals surface area contributed by atoms with E-state index in [0.29, 0.717) is 11.4 Å². The Morgan fingerprint density at radius 1 is 0.944 bits per heavy atom. The van der Waals surface area contributed by atoms with E-state index in [2.05, 4.69) is 20.3 Å². The van der Waals surface area contributed by atoms with Crippen molar-refractivity contribution < 1.29 is 4.79 Å². The van der Waals surface area contributed by atoms with E-state index in [0.717, 1.165) is 0 Å². The number of hydrogen-bond acceptors (Lipinski definition) is 4. The molecule has 0 saturated heterocycles. The second-order valence-electron chi connectivity index (χ2n) is 3.87. The minimum atomic E-state index is -1.16. The Hall–Kier alpha value is -2.56. The molecule has 0 aromatic carbocycles. The number of carbonyl (C=O) groups excluding carboxylic acids is 1.